The summed E-state index contributed by atoms with van der Waals surface area (Å²) in [6, 6.07) is 19.3. The van der Waals surface area contributed by atoms with Gasteiger partial charge in [0.05, 0.1) is 22.5 Å². The molecule has 0 spiro atoms. The number of halogens is 1. The minimum Gasteiger partial charge on any atom is -0.323 e. The van der Waals surface area contributed by atoms with Crippen LogP contribution in [0.25, 0.3) is 10.9 Å². The highest BCUT2D eigenvalue weighted by Gasteiger charge is 2.27. The van der Waals surface area contributed by atoms with Crippen molar-refractivity contribution in [2.24, 2.45) is 0 Å². The Kier molecular flexibility index (Phi) is 5.25. The molecule has 3 amide bonds. The highest BCUT2D eigenvalue weighted by Crippen LogP contribution is 2.30. The van der Waals surface area contributed by atoms with Gasteiger partial charge in [0.2, 0.25) is 5.91 Å². The van der Waals surface area contributed by atoms with Crippen LogP contribution < -0.4 is 15.5 Å². The number of hydrogen-bond donors (Lipinski definition) is 2. The maximum absolute atomic E-state index is 13.6. The molecule has 0 saturated heterocycles. The summed E-state index contributed by atoms with van der Waals surface area (Å²) in [5, 5.41) is 6.11. The monoisotopic (exact) mass is 454 g/mol. The number of carbonyl (C=O) groups excluding carboxylic acids is 3. The Balaban J connectivity index is 1.38. The molecular weight excluding hydrogens is 435 g/mol. The number of rotatable bonds is 3. The third-order valence-corrected chi connectivity index (χ3v) is 5.55. The highest BCUT2D eigenvalue weighted by molar-refractivity contribution is 6.15. The van der Waals surface area contributed by atoms with Gasteiger partial charge in [-0.15, -0.1) is 0 Å². The maximum Gasteiger partial charge on any atom is 0.258 e. The zero-order valence-corrected chi connectivity index (χ0v) is 18.1. The number of aryl methyl sites for hydroxylation is 1. The predicted molar refractivity (Wildman–Crippen MR) is 128 cm³/mol. The van der Waals surface area contributed by atoms with E-state index in [0.29, 0.717) is 44.8 Å². The fraction of sp³-hybridized carbons (Fsp3) is 0.0769. The number of pyridine rings is 1. The van der Waals surface area contributed by atoms with E-state index in [2.05, 4.69) is 15.6 Å². The van der Waals surface area contributed by atoms with E-state index in [1.54, 1.807) is 61.5 Å². The second-order valence-electron chi connectivity index (χ2n) is 7.96. The number of benzene rings is 3. The molecule has 168 valence electrons. The lowest BCUT2D eigenvalue weighted by Crippen LogP contribution is -2.42. The summed E-state index contributed by atoms with van der Waals surface area (Å²) in [5.41, 5.74) is 3.44. The predicted octanol–water partition coefficient (Wildman–Crippen LogP) is 4.53. The van der Waals surface area contributed by atoms with Crippen LogP contribution in [0.2, 0.25) is 0 Å². The van der Waals surface area contributed by atoms with Crippen LogP contribution in [0.3, 0.4) is 0 Å². The van der Waals surface area contributed by atoms with Crippen molar-refractivity contribution in [1.82, 2.24) is 4.98 Å². The van der Waals surface area contributed by atoms with Gasteiger partial charge >= 0.3 is 0 Å². The van der Waals surface area contributed by atoms with Gasteiger partial charge < -0.3 is 10.6 Å². The summed E-state index contributed by atoms with van der Waals surface area (Å²) in [7, 11) is 0. The molecule has 1 aliphatic heterocycles. The first-order chi connectivity index (χ1) is 16.4. The summed E-state index contributed by atoms with van der Waals surface area (Å²) in [5.74, 6) is -1.39. The lowest BCUT2D eigenvalue weighted by molar-refractivity contribution is -0.115. The number of nitrogens with one attached hydrogen (secondary N) is 2. The van der Waals surface area contributed by atoms with E-state index in [1.165, 1.54) is 23.1 Å². The van der Waals surface area contributed by atoms with Gasteiger partial charge in [-0.3, -0.25) is 24.3 Å². The zero-order chi connectivity index (χ0) is 23.8. The normalized spacial score (nSPS) is 12.8. The zero-order valence-electron chi connectivity index (χ0n) is 18.1. The summed E-state index contributed by atoms with van der Waals surface area (Å²) in [4.78, 5) is 43.8. The molecule has 0 unspecified atom stereocenters. The van der Waals surface area contributed by atoms with Gasteiger partial charge in [-0.05, 0) is 61.5 Å². The second kappa shape index (κ2) is 8.40. The summed E-state index contributed by atoms with van der Waals surface area (Å²) in [6.07, 6.45) is 0. The molecule has 2 heterocycles. The molecule has 1 aromatic heterocycles. The minimum absolute atomic E-state index is 0.0800. The molecule has 0 radical (unpaired) electrons. The Morgan fingerprint density at radius 1 is 1.03 bits per heavy atom. The standard InChI is InChI=1S/C26H19FN4O3/c1-15-12-20(19-11-8-17(27)13-22(19)28-15)25(33)29-18-9-6-16(7-10-18)26(34)31-14-24(32)30-21-4-2-3-5-23(21)31/h2-13H,14H2,1H3,(H,29,33)(H,30,32). The van der Waals surface area contributed by atoms with Crippen molar-refractivity contribution in [3.63, 3.8) is 0 Å². The lowest BCUT2D eigenvalue weighted by atomic mass is 10.1. The molecule has 4 aromatic rings. The summed E-state index contributed by atoms with van der Waals surface area (Å²) >= 11 is 0. The van der Waals surface area contributed by atoms with Gasteiger partial charge in [-0.25, -0.2) is 4.39 Å². The van der Waals surface area contributed by atoms with Crippen molar-refractivity contribution in [2.45, 2.75) is 6.92 Å². The van der Waals surface area contributed by atoms with Gasteiger partial charge in [0.1, 0.15) is 12.4 Å². The topological polar surface area (TPSA) is 91.4 Å². The van der Waals surface area contributed by atoms with Gasteiger partial charge in [0, 0.05) is 28.4 Å². The molecular formula is C26H19FN4O3. The van der Waals surface area contributed by atoms with E-state index in [0.717, 1.165) is 0 Å². The average Bonchev–Trinajstić information content (AvgIpc) is 2.82. The number of carbonyl (C=O) groups is 3. The second-order valence-corrected chi connectivity index (χ2v) is 7.96. The van der Waals surface area contributed by atoms with Crippen LogP contribution in [0, 0.1) is 12.7 Å². The largest absolute Gasteiger partial charge is 0.323 e. The average molecular weight is 454 g/mol. The number of fused-ring (bicyclic) bond motifs is 2. The maximum atomic E-state index is 13.6. The number of hydrogen-bond acceptors (Lipinski definition) is 4. The van der Waals surface area contributed by atoms with Crippen molar-refractivity contribution in [2.75, 3.05) is 22.1 Å². The van der Waals surface area contributed by atoms with Gasteiger partial charge in [-0.1, -0.05) is 12.1 Å². The molecule has 0 fully saturated rings. The van der Waals surface area contributed by atoms with Crippen molar-refractivity contribution in [1.29, 1.82) is 0 Å². The lowest BCUT2D eigenvalue weighted by Gasteiger charge is -2.29. The fourth-order valence-electron chi connectivity index (χ4n) is 3.99. The van der Waals surface area contributed by atoms with Crippen molar-refractivity contribution in [3.8, 4) is 0 Å². The van der Waals surface area contributed by atoms with E-state index in [4.69, 9.17) is 0 Å². The van der Waals surface area contributed by atoms with E-state index in [-0.39, 0.29) is 24.3 Å². The van der Waals surface area contributed by atoms with Gasteiger partial charge in [0.25, 0.3) is 11.8 Å². The number of anilines is 3. The molecule has 8 heteroatoms. The van der Waals surface area contributed by atoms with E-state index >= 15 is 0 Å². The van der Waals surface area contributed by atoms with Crippen LogP contribution >= 0.6 is 0 Å². The van der Waals surface area contributed by atoms with Gasteiger partial charge in [0.15, 0.2) is 0 Å². The van der Waals surface area contributed by atoms with Crippen LogP contribution in [0.4, 0.5) is 21.5 Å². The third kappa shape index (κ3) is 3.97. The van der Waals surface area contributed by atoms with Crippen LogP contribution in [0.1, 0.15) is 26.4 Å². The number of amides is 3. The van der Waals surface area contributed by atoms with Crippen molar-refractivity contribution >= 4 is 45.7 Å². The molecule has 5 rings (SSSR count). The van der Waals surface area contributed by atoms with E-state index < -0.39 is 5.82 Å². The number of para-hydroxylation sites is 2. The Morgan fingerprint density at radius 2 is 1.79 bits per heavy atom. The highest BCUT2D eigenvalue weighted by atomic mass is 19.1. The van der Waals surface area contributed by atoms with Crippen molar-refractivity contribution in [3.05, 3.63) is 95.4 Å². The molecule has 3 aromatic carbocycles. The molecule has 0 bridgehead atoms. The van der Waals surface area contributed by atoms with E-state index in [1.807, 2.05) is 0 Å². The molecule has 34 heavy (non-hydrogen) atoms. The molecule has 0 saturated carbocycles. The minimum atomic E-state index is -0.425. The Bertz CT molecular complexity index is 1460. The molecule has 7 nitrogen and oxygen atoms in total. The van der Waals surface area contributed by atoms with E-state index in [9.17, 15) is 18.8 Å². The molecule has 2 N–H and O–H groups in total. The van der Waals surface area contributed by atoms with Crippen LogP contribution in [-0.4, -0.2) is 29.3 Å². The first-order valence-electron chi connectivity index (χ1n) is 10.6. The fourth-order valence-corrected chi connectivity index (χ4v) is 3.99. The smallest absolute Gasteiger partial charge is 0.258 e. The molecule has 1 aliphatic rings. The SMILES string of the molecule is Cc1cc(C(=O)Nc2ccc(C(=O)N3CC(=O)Nc4ccccc43)cc2)c2ccc(F)cc2n1. The van der Waals surface area contributed by atoms with Crippen LogP contribution in [0.15, 0.2) is 72.8 Å². The number of nitrogens with zero attached hydrogens (tertiary/aromatic N) is 2. The Labute approximate surface area is 194 Å². The first kappa shape index (κ1) is 21.3. The quantitative estimate of drug-likeness (QED) is 0.476. The first-order valence-corrected chi connectivity index (χ1v) is 10.6. The van der Waals surface area contributed by atoms with Gasteiger partial charge in [-0.2, -0.15) is 0 Å². The van der Waals surface area contributed by atoms with Crippen LogP contribution in [-0.2, 0) is 4.79 Å². The Hall–Kier alpha value is -4.59. The molecule has 0 atom stereocenters. The van der Waals surface area contributed by atoms with Crippen molar-refractivity contribution < 1.29 is 18.8 Å². The summed E-state index contributed by atoms with van der Waals surface area (Å²) < 4.78 is 13.6. The Morgan fingerprint density at radius 3 is 2.59 bits per heavy atom. The van der Waals surface area contributed by atoms with Crippen LogP contribution in [0.5, 0.6) is 0 Å². The molecule has 0 aliphatic carbocycles. The third-order valence-electron chi connectivity index (χ3n) is 5.55. The summed E-state index contributed by atoms with van der Waals surface area (Å²) in [6.45, 7) is 1.66. The number of aromatic nitrogens is 1.